The topological polar surface area (TPSA) is 55.6 Å². The molecule has 0 aliphatic carbocycles. The van der Waals surface area contributed by atoms with Crippen LogP contribution in [-0.2, 0) is 16.1 Å². The largest absolute Gasteiger partial charge is 0.461 e. The number of hydrogen-bond acceptors (Lipinski definition) is 4. The summed E-state index contributed by atoms with van der Waals surface area (Å²) in [6, 6.07) is 9.78. The van der Waals surface area contributed by atoms with Crippen molar-refractivity contribution in [3.05, 3.63) is 35.9 Å². The summed E-state index contributed by atoms with van der Waals surface area (Å²) in [5, 5.41) is 1.85. The van der Waals surface area contributed by atoms with E-state index in [0.717, 1.165) is 18.7 Å². The number of benzene rings is 1. The lowest BCUT2D eigenvalue weighted by Crippen LogP contribution is -2.48. The van der Waals surface area contributed by atoms with Gasteiger partial charge in [-0.05, 0) is 23.3 Å². The molecule has 1 heterocycles. The van der Waals surface area contributed by atoms with E-state index < -0.39 is 0 Å². The Morgan fingerprint density at radius 1 is 1.25 bits per heavy atom. The second-order valence-electron chi connectivity index (χ2n) is 5.92. The van der Waals surface area contributed by atoms with Crippen LogP contribution in [0.5, 0.6) is 0 Å². The van der Waals surface area contributed by atoms with Crippen LogP contribution in [0, 0.1) is 17.8 Å². The highest BCUT2D eigenvalue weighted by Crippen LogP contribution is 2.30. The smallest absolute Gasteiger partial charge is 0.306 e. The Kier molecular flexibility index (Phi) is 5.15. The van der Waals surface area contributed by atoms with Gasteiger partial charge in [0.25, 0.3) is 0 Å². The van der Waals surface area contributed by atoms with E-state index in [1.54, 1.807) is 0 Å². The summed E-state index contributed by atoms with van der Waals surface area (Å²) >= 11 is 0. The average Bonchev–Trinajstić information content (AvgIpc) is 2.42. The maximum atomic E-state index is 12.0. The molecule has 1 fully saturated rings. The van der Waals surface area contributed by atoms with Crippen molar-refractivity contribution in [2.45, 2.75) is 26.9 Å². The molecule has 0 radical (unpaired) electrons. The van der Waals surface area contributed by atoms with Crippen LogP contribution in [-0.4, -0.2) is 24.1 Å². The summed E-state index contributed by atoms with van der Waals surface area (Å²) in [5.74, 6) is 6.96. The number of esters is 1. The van der Waals surface area contributed by atoms with Gasteiger partial charge in [-0.1, -0.05) is 44.2 Å². The molecule has 0 amide bonds. The molecule has 0 saturated carbocycles. The molecule has 1 aromatic rings. The number of rotatable bonds is 4. The number of hydrogen-bond donors (Lipinski definition) is 1. The predicted octanol–water partition coefficient (Wildman–Crippen LogP) is 2.20. The standard InChI is InChI=1S/C16H24N2O2/c1-12-9-18(17)10-13(2)15(12)8-16(19)20-11-14-6-4-3-5-7-14/h3-7,12-13,15H,8-11,17H2,1-2H3. The Labute approximate surface area is 120 Å². The van der Waals surface area contributed by atoms with Crippen molar-refractivity contribution in [2.24, 2.45) is 23.6 Å². The summed E-state index contributed by atoms with van der Waals surface area (Å²) in [7, 11) is 0. The van der Waals surface area contributed by atoms with Crippen molar-refractivity contribution in [1.82, 2.24) is 5.01 Å². The molecular formula is C16H24N2O2. The Morgan fingerprint density at radius 2 is 1.85 bits per heavy atom. The molecule has 1 aliphatic rings. The van der Waals surface area contributed by atoms with Crippen LogP contribution in [0.25, 0.3) is 0 Å². The van der Waals surface area contributed by atoms with Gasteiger partial charge in [-0.3, -0.25) is 10.6 Å². The molecule has 2 atom stereocenters. The van der Waals surface area contributed by atoms with E-state index in [1.165, 1.54) is 0 Å². The third-order valence-electron chi connectivity index (χ3n) is 4.15. The zero-order valence-corrected chi connectivity index (χ0v) is 12.3. The molecule has 0 aromatic heterocycles. The lowest BCUT2D eigenvalue weighted by atomic mass is 9.78. The number of carbonyl (C=O) groups excluding carboxylic acids is 1. The van der Waals surface area contributed by atoms with Gasteiger partial charge in [0.1, 0.15) is 6.61 Å². The first-order chi connectivity index (χ1) is 9.56. The third-order valence-corrected chi connectivity index (χ3v) is 4.15. The lowest BCUT2D eigenvalue weighted by Gasteiger charge is -2.38. The molecule has 110 valence electrons. The van der Waals surface area contributed by atoms with E-state index in [2.05, 4.69) is 13.8 Å². The first kappa shape index (κ1) is 15.0. The maximum absolute atomic E-state index is 12.0. The number of nitrogens with zero attached hydrogens (tertiary/aromatic N) is 1. The summed E-state index contributed by atoms with van der Waals surface area (Å²) in [5.41, 5.74) is 1.03. The molecule has 1 aliphatic heterocycles. The molecule has 0 bridgehead atoms. The highest BCUT2D eigenvalue weighted by atomic mass is 16.5. The molecule has 4 nitrogen and oxygen atoms in total. The zero-order chi connectivity index (χ0) is 14.5. The normalized spacial score (nSPS) is 27.2. The number of ether oxygens (including phenoxy) is 1. The SMILES string of the molecule is CC1CN(N)CC(C)C1CC(=O)OCc1ccccc1. The van der Waals surface area contributed by atoms with E-state index in [-0.39, 0.29) is 5.97 Å². The highest BCUT2D eigenvalue weighted by Gasteiger charge is 2.32. The molecule has 2 rings (SSSR count). The van der Waals surface area contributed by atoms with Gasteiger partial charge in [0, 0.05) is 19.5 Å². The lowest BCUT2D eigenvalue weighted by molar-refractivity contribution is -0.147. The van der Waals surface area contributed by atoms with Crippen LogP contribution in [0.2, 0.25) is 0 Å². The van der Waals surface area contributed by atoms with E-state index in [4.69, 9.17) is 10.6 Å². The van der Waals surface area contributed by atoms with Gasteiger partial charge >= 0.3 is 5.97 Å². The number of nitrogens with two attached hydrogens (primary N) is 1. The summed E-state index contributed by atoms with van der Waals surface area (Å²) in [6.07, 6.45) is 0.489. The Bertz CT molecular complexity index is 423. The van der Waals surface area contributed by atoms with Crippen LogP contribution < -0.4 is 5.84 Å². The van der Waals surface area contributed by atoms with Gasteiger partial charge in [0.2, 0.25) is 0 Å². The fraction of sp³-hybridized carbons (Fsp3) is 0.562. The van der Waals surface area contributed by atoms with Gasteiger partial charge in [0.15, 0.2) is 0 Å². The van der Waals surface area contributed by atoms with Crippen LogP contribution in [0.15, 0.2) is 30.3 Å². The van der Waals surface area contributed by atoms with Crippen LogP contribution in [0.3, 0.4) is 0 Å². The number of carbonyl (C=O) groups is 1. The van der Waals surface area contributed by atoms with Crippen molar-refractivity contribution < 1.29 is 9.53 Å². The molecule has 20 heavy (non-hydrogen) atoms. The molecule has 2 N–H and O–H groups in total. The summed E-state index contributed by atoms with van der Waals surface area (Å²) < 4.78 is 5.37. The first-order valence-electron chi connectivity index (χ1n) is 7.25. The van der Waals surface area contributed by atoms with Gasteiger partial charge in [-0.2, -0.15) is 0 Å². The van der Waals surface area contributed by atoms with Gasteiger partial charge in [-0.25, -0.2) is 5.01 Å². The monoisotopic (exact) mass is 276 g/mol. The van der Waals surface area contributed by atoms with Crippen molar-refractivity contribution in [3.8, 4) is 0 Å². The summed E-state index contributed by atoms with van der Waals surface area (Å²) in [4.78, 5) is 12.0. The third kappa shape index (κ3) is 4.05. The molecular weight excluding hydrogens is 252 g/mol. The molecule has 1 saturated heterocycles. The fourth-order valence-corrected chi connectivity index (χ4v) is 3.04. The zero-order valence-electron chi connectivity index (χ0n) is 12.3. The summed E-state index contributed by atoms with van der Waals surface area (Å²) in [6.45, 7) is 6.37. The molecule has 0 spiro atoms. The van der Waals surface area contributed by atoms with Crippen LogP contribution >= 0.6 is 0 Å². The number of piperidine rings is 1. The minimum absolute atomic E-state index is 0.108. The van der Waals surface area contributed by atoms with E-state index in [1.807, 2.05) is 35.3 Å². The molecule has 1 aromatic carbocycles. The van der Waals surface area contributed by atoms with E-state index >= 15 is 0 Å². The minimum Gasteiger partial charge on any atom is -0.461 e. The number of hydrazine groups is 1. The van der Waals surface area contributed by atoms with Gasteiger partial charge in [0.05, 0.1) is 0 Å². The first-order valence-corrected chi connectivity index (χ1v) is 7.25. The Hall–Kier alpha value is -1.39. The van der Waals surface area contributed by atoms with Crippen LogP contribution in [0.4, 0.5) is 0 Å². The molecule has 4 heteroatoms. The molecule has 2 unspecified atom stereocenters. The van der Waals surface area contributed by atoms with Gasteiger partial charge in [-0.15, -0.1) is 0 Å². The van der Waals surface area contributed by atoms with Crippen molar-refractivity contribution in [1.29, 1.82) is 0 Å². The highest BCUT2D eigenvalue weighted by molar-refractivity contribution is 5.69. The van der Waals surface area contributed by atoms with E-state index in [0.29, 0.717) is 30.8 Å². The minimum atomic E-state index is -0.108. The average molecular weight is 276 g/mol. The van der Waals surface area contributed by atoms with E-state index in [9.17, 15) is 4.79 Å². The Balaban J connectivity index is 1.82. The van der Waals surface area contributed by atoms with Gasteiger partial charge < -0.3 is 4.74 Å². The quantitative estimate of drug-likeness (QED) is 0.676. The second kappa shape index (κ2) is 6.86. The fourth-order valence-electron chi connectivity index (χ4n) is 3.04. The van der Waals surface area contributed by atoms with Crippen molar-refractivity contribution >= 4 is 5.97 Å². The maximum Gasteiger partial charge on any atom is 0.306 e. The van der Waals surface area contributed by atoms with Crippen LogP contribution in [0.1, 0.15) is 25.8 Å². The predicted molar refractivity (Wildman–Crippen MR) is 78.4 cm³/mol. The van der Waals surface area contributed by atoms with Crippen molar-refractivity contribution in [3.63, 3.8) is 0 Å². The second-order valence-corrected chi connectivity index (χ2v) is 5.92. The Morgan fingerprint density at radius 3 is 2.45 bits per heavy atom. The van der Waals surface area contributed by atoms with Crippen molar-refractivity contribution in [2.75, 3.05) is 13.1 Å².